The zero-order valence-electron chi connectivity index (χ0n) is 15.5. The Morgan fingerprint density at radius 2 is 1.88 bits per heavy atom. The summed E-state index contributed by atoms with van der Waals surface area (Å²) in [7, 11) is -3.40. The molecule has 0 aliphatic carbocycles. The Hall–Kier alpha value is -2.16. The van der Waals surface area contributed by atoms with Gasteiger partial charge in [0.1, 0.15) is 11.3 Å². The number of hydrogen-bond acceptors (Lipinski definition) is 7. The number of rotatable bonds is 4. The van der Waals surface area contributed by atoms with Crippen LogP contribution in [0.15, 0.2) is 28.3 Å². The van der Waals surface area contributed by atoms with Crippen LogP contribution in [0.4, 0.5) is 16.2 Å². The number of nitrogens with one attached hydrogen (secondary N) is 1. The monoisotopic (exact) mass is 383 g/mol. The van der Waals surface area contributed by atoms with Crippen molar-refractivity contribution in [2.24, 2.45) is 5.18 Å². The summed E-state index contributed by atoms with van der Waals surface area (Å²) in [6.07, 6.45) is 2.12. The van der Waals surface area contributed by atoms with Crippen LogP contribution >= 0.6 is 0 Å². The molecule has 0 bridgehead atoms. The smallest absolute Gasteiger partial charge is 0.410 e. The Labute approximate surface area is 153 Å². The lowest BCUT2D eigenvalue weighted by Crippen LogP contribution is -2.44. The van der Waals surface area contributed by atoms with Crippen molar-refractivity contribution < 1.29 is 17.9 Å². The van der Waals surface area contributed by atoms with Crippen LogP contribution in [0.2, 0.25) is 0 Å². The van der Waals surface area contributed by atoms with E-state index in [4.69, 9.17) is 4.74 Å². The van der Waals surface area contributed by atoms with Crippen LogP contribution < -0.4 is 5.32 Å². The number of nitrogens with zero attached hydrogens (tertiary/aromatic N) is 2. The first-order valence-corrected chi connectivity index (χ1v) is 10.3. The molecule has 144 valence electrons. The molecule has 0 aromatic heterocycles. The number of likely N-dealkylation sites (tertiary alicyclic amines) is 1. The van der Waals surface area contributed by atoms with Crippen molar-refractivity contribution in [1.29, 1.82) is 0 Å². The average molecular weight is 383 g/mol. The van der Waals surface area contributed by atoms with E-state index < -0.39 is 15.4 Å². The molecule has 9 heteroatoms. The molecule has 1 aromatic rings. The lowest BCUT2D eigenvalue weighted by Gasteiger charge is -2.34. The van der Waals surface area contributed by atoms with Gasteiger partial charge in [0.15, 0.2) is 9.84 Å². The van der Waals surface area contributed by atoms with Gasteiger partial charge in [-0.05, 0) is 57.0 Å². The van der Waals surface area contributed by atoms with Gasteiger partial charge in [-0.3, -0.25) is 0 Å². The second-order valence-electron chi connectivity index (χ2n) is 7.43. The number of hydrogen-bond donors (Lipinski definition) is 1. The number of benzene rings is 1. The number of anilines is 1. The number of sulfone groups is 1. The van der Waals surface area contributed by atoms with Crippen LogP contribution in [0, 0.1) is 4.91 Å². The van der Waals surface area contributed by atoms with Gasteiger partial charge in [-0.1, -0.05) is 0 Å². The molecule has 1 aromatic carbocycles. The highest BCUT2D eigenvalue weighted by molar-refractivity contribution is 7.90. The Balaban J connectivity index is 1.99. The van der Waals surface area contributed by atoms with Crippen LogP contribution in [-0.4, -0.2) is 50.4 Å². The third kappa shape index (κ3) is 5.42. The molecule has 2 rings (SSSR count). The predicted molar refractivity (Wildman–Crippen MR) is 99.5 cm³/mol. The molecule has 1 amide bonds. The van der Waals surface area contributed by atoms with Crippen molar-refractivity contribution in [2.75, 3.05) is 24.7 Å². The van der Waals surface area contributed by atoms with E-state index in [0.717, 1.165) is 6.26 Å². The van der Waals surface area contributed by atoms with E-state index in [9.17, 15) is 18.1 Å². The fourth-order valence-corrected chi connectivity index (χ4v) is 3.33. The van der Waals surface area contributed by atoms with Crippen molar-refractivity contribution in [3.63, 3.8) is 0 Å². The number of carbonyl (C=O) groups excluding carboxylic acids is 1. The molecule has 1 N–H and O–H groups in total. The quantitative estimate of drug-likeness (QED) is 0.800. The van der Waals surface area contributed by atoms with E-state index in [1.807, 2.05) is 20.8 Å². The highest BCUT2D eigenvalue weighted by Crippen LogP contribution is 2.30. The zero-order chi connectivity index (χ0) is 19.5. The Morgan fingerprint density at radius 1 is 1.27 bits per heavy atom. The van der Waals surface area contributed by atoms with Gasteiger partial charge in [0.2, 0.25) is 0 Å². The lowest BCUT2D eigenvalue weighted by molar-refractivity contribution is 0.0210. The van der Waals surface area contributed by atoms with Gasteiger partial charge in [0.25, 0.3) is 0 Å². The van der Waals surface area contributed by atoms with Gasteiger partial charge in [-0.2, -0.15) is 0 Å². The first-order chi connectivity index (χ1) is 12.0. The van der Waals surface area contributed by atoms with Crippen LogP contribution in [0.5, 0.6) is 0 Å². The van der Waals surface area contributed by atoms with E-state index in [-0.39, 0.29) is 22.7 Å². The number of nitroso groups, excluding NO2 is 1. The summed E-state index contributed by atoms with van der Waals surface area (Å²) in [5.41, 5.74) is 0.0172. The largest absolute Gasteiger partial charge is 0.444 e. The highest BCUT2D eigenvalue weighted by atomic mass is 32.2. The van der Waals surface area contributed by atoms with Crippen LogP contribution in [-0.2, 0) is 14.6 Å². The molecule has 0 atom stereocenters. The molecule has 1 aliphatic heterocycles. The minimum Gasteiger partial charge on any atom is -0.444 e. The van der Waals surface area contributed by atoms with E-state index in [1.165, 1.54) is 12.1 Å². The van der Waals surface area contributed by atoms with Crippen molar-refractivity contribution >= 4 is 27.3 Å². The molecule has 0 spiro atoms. The fraction of sp³-hybridized carbons (Fsp3) is 0.588. The SMILES string of the molecule is CC(C)(C)OC(=O)N1CCC(Nc2ccc(S(C)(=O)=O)cc2N=O)CC1. The second kappa shape index (κ2) is 7.61. The van der Waals surface area contributed by atoms with E-state index >= 15 is 0 Å². The molecular weight excluding hydrogens is 358 g/mol. The van der Waals surface area contributed by atoms with Gasteiger partial charge in [-0.15, -0.1) is 4.91 Å². The molecule has 1 fully saturated rings. The summed E-state index contributed by atoms with van der Waals surface area (Å²) in [5.74, 6) is 0. The molecule has 8 nitrogen and oxygen atoms in total. The van der Waals surface area contributed by atoms with Gasteiger partial charge in [0, 0.05) is 25.4 Å². The minimum atomic E-state index is -3.40. The molecule has 1 heterocycles. The van der Waals surface area contributed by atoms with Crippen LogP contribution in [0.3, 0.4) is 0 Å². The summed E-state index contributed by atoms with van der Waals surface area (Å²) < 4.78 is 28.5. The molecule has 1 aliphatic rings. The number of piperidine rings is 1. The van der Waals surface area contributed by atoms with Gasteiger partial charge >= 0.3 is 6.09 Å². The Bertz CT molecular complexity index is 778. The van der Waals surface area contributed by atoms with Crippen molar-refractivity contribution in [3.05, 3.63) is 23.1 Å². The maximum absolute atomic E-state index is 12.1. The highest BCUT2D eigenvalue weighted by Gasteiger charge is 2.27. The number of amides is 1. The van der Waals surface area contributed by atoms with Crippen molar-refractivity contribution in [1.82, 2.24) is 4.90 Å². The van der Waals surface area contributed by atoms with Gasteiger partial charge < -0.3 is 15.0 Å². The minimum absolute atomic E-state index is 0.0531. The summed E-state index contributed by atoms with van der Waals surface area (Å²) in [5, 5.41) is 6.15. The van der Waals surface area contributed by atoms with E-state index in [1.54, 1.807) is 11.0 Å². The molecule has 26 heavy (non-hydrogen) atoms. The standard InChI is InChI=1S/C17H25N3O5S/c1-17(2,3)25-16(21)20-9-7-12(8-10-20)18-14-6-5-13(26(4,23)24)11-15(14)19-22/h5-6,11-12,18H,7-10H2,1-4H3. The van der Waals surface area contributed by atoms with E-state index in [2.05, 4.69) is 10.5 Å². The summed E-state index contributed by atoms with van der Waals surface area (Å²) >= 11 is 0. The third-order valence-corrected chi connectivity index (χ3v) is 5.11. The third-order valence-electron chi connectivity index (χ3n) is 4.00. The van der Waals surface area contributed by atoms with Crippen LogP contribution in [0.1, 0.15) is 33.6 Å². The fourth-order valence-electron chi connectivity index (χ4n) is 2.69. The number of ether oxygens (including phenoxy) is 1. The first-order valence-electron chi connectivity index (χ1n) is 8.41. The van der Waals surface area contributed by atoms with Crippen molar-refractivity contribution in [2.45, 2.75) is 50.2 Å². The molecule has 0 unspecified atom stereocenters. The predicted octanol–water partition coefficient (Wildman–Crippen LogP) is 3.30. The normalized spacial score (nSPS) is 16.2. The van der Waals surface area contributed by atoms with Gasteiger partial charge in [0.05, 0.1) is 10.6 Å². The van der Waals surface area contributed by atoms with E-state index in [0.29, 0.717) is 31.6 Å². The zero-order valence-corrected chi connectivity index (χ0v) is 16.3. The topological polar surface area (TPSA) is 105 Å². The summed E-state index contributed by atoms with van der Waals surface area (Å²) in [4.78, 5) is 24.9. The Kier molecular flexibility index (Phi) is 5.90. The average Bonchev–Trinajstić information content (AvgIpc) is 2.53. The maximum atomic E-state index is 12.1. The lowest BCUT2D eigenvalue weighted by atomic mass is 10.0. The van der Waals surface area contributed by atoms with Gasteiger partial charge in [-0.25, -0.2) is 13.2 Å². The molecule has 0 saturated carbocycles. The maximum Gasteiger partial charge on any atom is 0.410 e. The molecule has 1 saturated heterocycles. The Morgan fingerprint density at radius 3 is 2.38 bits per heavy atom. The second-order valence-corrected chi connectivity index (χ2v) is 9.44. The molecule has 0 radical (unpaired) electrons. The first kappa shape index (κ1) is 20.2. The summed E-state index contributed by atoms with van der Waals surface area (Å²) in [6, 6.07) is 4.31. The van der Waals surface area contributed by atoms with Crippen LogP contribution in [0.25, 0.3) is 0 Å². The molecular formula is C17H25N3O5S. The summed E-state index contributed by atoms with van der Waals surface area (Å²) in [6.45, 7) is 6.56. The number of carbonyl (C=O) groups is 1. The van der Waals surface area contributed by atoms with Crippen molar-refractivity contribution in [3.8, 4) is 0 Å².